The molecule has 158 valence electrons. The van der Waals surface area contributed by atoms with E-state index in [1.165, 1.54) is 23.1 Å². The lowest BCUT2D eigenvalue weighted by Crippen LogP contribution is -2.54. The highest BCUT2D eigenvalue weighted by atomic mass is 32.2. The van der Waals surface area contributed by atoms with E-state index < -0.39 is 15.6 Å². The maximum absolute atomic E-state index is 13.2. The monoisotopic (exact) mass is 421 g/mol. The maximum atomic E-state index is 13.2. The van der Waals surface area contributed by atoms with Crippen LogP contribution in [0.3, 0.4) is 0 Å². The van der Waals surface area contributed by atoms with Gasteiger partial charge in [-0.2, -0.15) is 5.10 Å². The van der Waals surface area contributed by atoms with Crippen molar-refractivity contribution in [3.8, 4) is 5.75 Å². The first-order valence-electron chi connectivity index (χ1n) is 9.35. The predicted octanol–water partition coefficient (Wildman–Crippen LogP) is 1.40. The van der Waals surface area contributed by atoms with Crippen LogP contribution in [0.25, 0.3) is 0 Å². The number of piperidine rings is 1. The lowest BCUT2D eigenvalue weighted by molar-refractivity contribution is 0.0988. The second-order valence-electron chi connectivity index (χ2n) is 7.31. The van der Waals surface area contributed by atoms with Gasteiger partial charge in [-0.1, -0.05) is 18.7 Å². The van der Waals surface area contributed by atoms with Crippen LogP contribution in [-0.4, -0.2) is 73.4 Å². The Labute approximate surface area is 171 Å². The zero-order valence-corrected chi connectivity index (χ0v) is 17.6. The van der Waals surface area contributed by atoms with E-state index in [-0.39, 0.29) is 6.03 Å². The van der Waals surface area contributed by atoms with Crippen molar-refractivity contribution in [2.75, 3.05) is 33.0 Å². The van der Waals surface area contributed by atoms with Gasteiger partial charge in [-0.25, -0.2) is 17.5 Å². The molecule has 3 rings (SSSR count). The number of carbonyl (C=O) groups excluding carboxylic acids is 1. The third kappa shape index (κ3) is 4.54. The van der Waals surface area contributed by atoms with Gasteiger partial charge in [0, 0.05) is 25.8 Å². The van der Waals surface area contributed by atoms with Crippen molar-refractivity contribution in [2.45, 2.75) is 24.9 Å². The van der Waals surface area contributed by atoms with Crippen molar-refractivity contribution in [2.24, 2.45) is 5.10 Å². The Morgan fingerprint density at radius 1 is 1.34 bits per heavy atom. The first kappa shape index (κ1) is 21.1. The molecule has 1 spiro atoms. The molecule has 0 atom stereocenters. The van der Waals surface area contributed by atoms with Crippen LogP contribution < -0.4 is 10.2 Å². The smallest absolute Gasteiger partial charge is 0.326 e. The lowest BCUT2D eigenvalue weighted by atomic mass is 9.87. The van der Waals surface area contributed by atoms with Gasteiger partial charge in [-0.15, -0.1) is 0 Å². The molecule has 10 heteroatoms. The molecule has 1 aromatic carbocycles. The summed E-state index contributed by atoms with van der Waals surface area (Å²) in [5.41, 5.74) is 3.10. The predicted molar refractivity (Wildman–Crippen MR) is 111 cm³/mol. The van der Waals surface area contributed by atoms with Crippen molar-refractivity contribution in [1.82, 2.24) is 19.5 Å². The molecule has 0 radical (unpaired) electrons. The largest absolute Gasteiger partial charge is 0.497 e. The van der Waals surface area contributed by atoms with Gasteiger partial charge in [0.15, 0.2) is 0 Å². The molecule has 0 aliphatic carbocycles. The van der Waals surface area contributed by atoms with Gasteiger partial charge in [0.05, 0.1) is 25.4 Å². The fourth-order valence-electron chi connectivity index (χ4n) is 3.92. The Hall–Kier alpha value is -2.59. The number of amides is 2. The highest BCUT2D eigenvalue weighted by Crippen LogP contribution is 2.37. The number of nitrogens with zero attached hydrogens (tertiary/aromatic N) is 4. The molecule has 0 unspecified atom stereocenters. The molecule has 9 nitrogen and oxygen atoms in total. The number of hydrazone groups is 1. The minimum atomic E-state index is -3.25. The third-order valence-corrected chi connectivity index (χ3v) is 6.78. The molecule has 2 aliphatic heterocycles. The van der Waals surface area contributed by atoms with Crippen molar-refractivity contribution < 1.29 is 17.9 Å². The van der Waals surface area contributed by atoms with Crippen LogP contribution in [0.4, 0.5) is 4.79 Å². The van der Waals surface area contributed by atoms with E-state index in [1.807, 2.05) is 29.2 Å². The first-order valence-corrected chi connectivity index (χ1v) is 11.2. The van der Waals surface area contributed by atoms with Crippen molar-refractivity contribution in [3.05, 3.63) is 42.6 Å². The van der Waals surface area contributed by atoms with Gasteiger partial charge in [-0.05, 0) is 30.5 Å². The fourth-order valence-corrected chi connectivity index (χ4v) is 4.77. The van der Waals surface area contributed by atoms with E-state index in [1.54, 1.807) is 12.0 Å². The molecule has 0 aromatic heterocycles. The normalized spacial score (nSPS) is 19.9. The molecule has 1 N–H and O–H groups in total. The summed E-state index contributed by atoms with van der Waals surface area (Å²) in [5, 5.41) is 3.98. The van der Waals surface area contributed by atoms with Crippen LogP contribution in [0.15, 0.2) is 42.1 Å². The Bertz CT molecular complexity index is 894. The Kier molecular flexibility index (Phi) is 6.13. The average Bonchev–Trinajstić information content (AvgIpc) is 2.93. The Balaban J connectivity index is 1.86. The topological polar surface area (TPSA) is 94.6 Å². The molecular formula is C19H27N5O4S. The molecule has 0 bridgehead atoms. The van der Waals surface area contributed by atoms with Crippen LogP contribution in [0.2, 0.25) is 0 Å². The fraction of sp³-hybridized carbons (Fsp3) is 0.474. The molecule has 2 heterocycles. The number of methoxy groups -OCH3 is 1. The third-order valence-electron chi connectivity index (χ3n) is 5.47. The van der Waals surface area contributed by atoms with Crippen molar-refractivity contribution in [3.63, 3.8) is 0 Å². The average molecular weight is 422 g/mol. The lowest BCUT2D eigenvalue weighted by Gasteiger charge is -2.43. The van der Waals surface area contributed by atoms with E-state index in [0.29, 0.717) is 39.0 Å². The van der Waals surface area contributed by atoms with Gasteiger partial charge in [0.1, 0.15) is 12.1 Å². The Morgan fingerprint density at radius 3 is 2.69 bits per heavy atom. The highest BCUT2D eigenvalue weighted by Gasteiger charge is 2.51. The minimum Gasteiger partial charge on any atom is -0.497 e. The molecule has 2 amide bonds. The van der Waals surface area contributed by atoms with Crippen LogP contribution in [-0.2, 0) is 16.6 Å². The van der Waals surface area contributed by atoms with Crippen molar-refractivity contribution in [1.29, 1.82) is 0 Å². The van der Waals surface area contributed by atoms with E-state index >= 15 is 0 Å². The number of ether oxygens (including phenoxy) is 1. The summed E-state index contributed by atoms with van der Waals surface area (Å²) in [6, 6.07) is 7.44. The van der Waals surface area contributed by atoms with E-state index in [2.05, 4.69) is 17.1 Å². The minimum absolute atomic E-state index is 0.157. The van der Waals surface area contributed by atoms with Gasteiger partial charge >= 0.3 is 6.03 Å². The summed E-state index contributed by atoms with van der Waals surface area (Å²) in [4.78, 5) is 16.6. The van der Waals surface area contributed by atoms with Crippen LogP contribution in [0.5, 0.6) is 5.75 Å². The summed E-state index contributed by atoms with van der Waals surface area (Å²) in [6.07, 6.45) is 5.23. The number of benzene rings is 1. The second-order valence-corrected chi connectivity index (χ2v) is 9.29. The zero-order chi connectivity index (χ0) is 21.1. The molecule has 29 heavy (non-hydrogen) atoms. The highest BCUT2D eigenvalue weighted by molar-refractivity contribution is 7.88. The summed E-state index contributed by atoms with van der Waals surface area (Å²) in [6.45, 7) is 5.17. The van der Waals surface area contributed by atoms with Gasteiger partial charge in [0.2, 0.25) is 10.0 Å². The second kappa shape index (κ2) is 8.42. The zero-order valence-electron chi connectivity index (χ0n) is 16.7. The van der Waals surface area contributed by atoms with Gasteiger partial charge < -0.3 is 9.64 Å². The molecule has 1 aromatic rings. The summed E-state index contributed by atoms with van der Waals surface area (Å²) in [5.74, 6) is 0.726. The molecular weight excluding hydrogens is 394 g/mol. The molecule has 0 saturated carbocycles. The quantitative estimate of drug-likeness (QED) is 0.408. The number of hydrogen-bond acceptors (Lipinski definition) is 6. The summed E-state index contributed by atoms with van der Waals surface area (Å²) >= 11 is 0. The number of rotatable bonds is 7. The number of urea groups is 1. The van der Waals surface area contributed by atoms with Gasteiger partial charge in [-0.3, -0.25) is 10.3 Å². The number of carbonyl (C=O) groups is 1. The number of hydrogen-bond donors (Lipinski definition) is 1. The first-order chi connectivity index (χ1) is 13.8. The number of nitrogens with one attached hydrogen (secondary N) is 1. The maximum Gasteiger partial charge on any atom is 0.326 e. The van der Waals surface area contributed by atoms with Crippen molar-refractivity contribution >= 4 is 22.4 Å². The molecule has 2 fully saturated rings. The van der Waals surface area contributed by atoms with Crippen LogP contribution >= 0.6 is 0 Å². The Morgan fingerprint density at radius 2 is 2.07 bits per heavy atom. The van der Waals surface area contributed by atoms with Crippen LogP contribution in [0, 0.1) is 0 Å². The van der Waals surface area contributed by atoms with Crippen LogP contribution in [0.1, 0.15) is 18.4 Å². The molecule has 2 aliphatic rings. The standard InChI is InChI=1S/C19H27N5O4S/c1-4-20-21-15-22-14-19(8-10-23(11-9-19)29(3,26)27)24(18(22)25)13-16-6-5-7-17(12-16)28-2/h4-7,12,15,20H,1,8-11,13-14H2,2-3H3/b21-15-. The van der Waals surface area contributed by atoms with E-state index in [4.69, 9.17) is 4.74 Å². The SMILES string of the molecule is C=CN/N=C\N1CC2(CCN(S(C)(=O)=O)CC2)N(Cc2cccc(OC)c2)C1=O. The summed E-state index contributed by atoms with van der Waals surface area (Å²) < 4.78 is 30.6. The van der Waals surface area contributed by atoms with E-state index in [9.17, 15) is 13.2 Å². The molecule has 2 saturated heterocycles. The number of sulfonamides is 1. The summed E-state index contributed by atoms with van der Waals surface area (Å²) in [7, 11) is -1.65. The van der Waals surface area contributed by atoms with E-state index in [0.717, 1.165) is 11.3 Å². The van der Waals surface area contributed by atoms with Gasteiger partial charge in [0.25, 0.3) is 0 Å².